The van der Waals surface area contributed by atoms with Crippen LogP contribution < -0.4 is 4.72 Å². The summed E-state index contributed by atoms with van der Waals surface area (Å²) in [6.45, 7) is 1.60. The molecular weight excluding hydrogens is 226 g/mol. The lowest BCUT2D eigenvalue weighted by Crippen LogP contribution is -2.17. The SMILES string of the molecule is Cc1nnc(NS(=O)(=O)CCCO)s1. The van der Waals surface area contributed by atoms with Crippen LogP contribution in [0.4, 0.5) is 5.13 Å². The fraction of sp³-hybridized carbons (Fsp3) is 0.667. The number of nitrogens with zero attached hydrogens (tertiary/aromatic N) is 2. The van der Waals surface area contributed by atoms with Crippen molar-refractivity contribution in [3.63, 3.8) is 0 Å². The van der Waals surface area contributed by atoms with Gasteiger partial charge in [0.25, 0.3) is 0 Å². The van der Waals surface area contributed by atoms with Crippen molar-refractivity contribution in [1.82, 2.24) is 10.2 Å². The first kappa shape index (κ1) is 11.3. The normalized spacial score (nSPS) is 11.6. The Morgan fingerprint density at radius 1 is 1.50 bits per heavy atom. The minimum Gasteiger partial charge on any atom is -0.396 e. The van der Waals surface area contributed by atoms with Crippen LogP contribution in [0.5, 0.6) is 0 Å². The molecule has 14 heavy (non-hydrogen) atoms. The Labute approximate surface area is 86.0 Å². The summed E-state index contributed by atoms with van der Waals surface area (Å²) in [6, 6.07) is 0. The summed E-state index contributed by atoms with van der Waals surface area (Å²) in [6.07, 6.45) is 0.215. The summed E-state index contributed by atoms with van der Waals surface area (Å²) in [5, 5.41) is 16.7. The Kier molecular flexibility index (Phi) is 3.78. The second kappa shape index (κ2) is 4.67. The van der Waals surface area contributed by atoms with Crippen molar-refractivity contribution in [3.05, 3.63) is 5.01 Å². The lowest BCUT2D eigenvalue weighted by molar-refractivity contribution is 0.295. The lowest BCUT2D eigenvalue weighted by Gasteiger charge is -2.02. The van der Waals surface area contributed by atoms with E-state index in [-0.39, 0.29) is 23.9 Å². The van der Waals surface area contributed by atoms with Crippen molar-refractivity contribution in [2.45, 2.75) is 13.3 Å². The minimum atomic E-state index is -3.39. The number of nitrogens with one attached hydrogen (secondary N) is 1. The highest BCUT2D eigenvalue weighted by molar-refractivity contribution is 7.92. The molecule has 1 aromatic heterocycles. The van der Waals surface area contributed by atoms with Crippen molar-refractivity contribution < 1.29 is 13.5 Å². The lowest BCUT2D eigenvalue weighted by atomic mass is 10.5. The highest BCUT2D eigenvalue weighted by Gasteiger charge is 2.12. The average molecular weight is 237 g/mol. The molecule has 8 heteroatoms. The highest BCUT2D eigenvalue weighted by atomic mass is 32.2. The first-order valence-corrected chi connectivity index (χ1v) is 6.42. The number of rotatable bonds is 5. The molecule has 0 aromatic carbocycles. The average Bonchev–Trinajstić information content (AvgIpc) is 2.47. The van der Waals surface area contributed by atoms with Crippen LogP contribution in [-0.2, 0) is 10.0 Å². The third-order valence-corrected chi connectivity index (χ3v) is 3.55. The van der Waals surface area contributed by atoms with Gasteiger partial charge in [0.1, 0.15) is 5.01 Å². The Hall–Kier alpha value is -0.730. The number of aliphatic hydroxyl groups is 1. The summed E-state index contributed by atoms with van der Waals surface area (Å²) in [7, 11) is -3.39. The molecule has 1 heterocycles. The molecule has 1 rings (SSSR count). The molecule has 0 unspecified atom stereocenters. The maximum Gasteiger partial charge on any atom is 0.234 e. The number of hydrogen-bond donors (Lipinski definition) is 2. The van der Waals surface area contributed by atoms with Gasteiger partial charge in [0.05, 0.1) is 5.75 Å². The zero-order valence-electron chi connectivity index (χ0n) is 7.60. The van der Waals surface area contributed by atoms with Gasteiger partial charge in [-0.3, -0.25) is 4.72 Å². The van der Waals surface area contributed by atoms with Crippen LogP contribution in [0.2, 0.25) is 0 Å². The summed E-state index contributed by atoms with van der Waals surface area (Å²) in [5.41, 5.74) is 0. The maximum atomic E-state index is 11.3. The molecule has 0 saturated heterocycles. The molecule has 0 radical (unpaired) electrons. The van der Waals surface area contributed by atoms with Crippen LogP contribution in [0.25, 0.3) is 0 Å². The van der Waals surface area contributed by atoms with Crippen LogP contribution in [0.3, 0.4) is 0 Å². The van der Waals surface area contributed by atoms with Gasteiger partial charge < -0.3 is 5.11 Å². The topological polar surface area (TPSA) is 92.2 Å². The molecule has 80 valence electrons. The predicted molar refractivity (Wildman–Crippen MR) is 53.8 cm³/mol. The van der Waals surface area contributed by atoms with Gasteiger partial charge in [0.2, 0.25) is 15.2 Å². The Morgan fingerprint density at radius 3 is 2.71 bits per heavy atom. The molecule has 0 atom stereocenters. The van der Waals surface area contributed by atoms with E-state index in [9.17, 15) is 8.42 Å². The molecule has 2 N–H and O–H groups in total. The quantitative estimate of drug-likeness (QED) is 0.750. The van der Waals surface area contributed by atoms with Gasteiger partial charge in [-0.2, -0.15) is 0 Å². The van der Waals surface area contributed by atoms with Gasteiger partial charge in [-0.25, -0.2) is 8.42 Å². The third-order valence-electron chi connectivity index (χ3n) is 1.34. The van der Waals surface area contributed by atoms with E-state index in [1.807, 2.05) is 0 Å². The molecule has 0 bridgehead atoms. The summed E-state index contributed by atoms with van der Waals surface area (Å²) in [4.78, 5) is 0. The molecular formula is C6H11N3O3S2. The van der Waals surface area contributed by atoms with Crippen molar-refractivity contribution in [2.24, 2.45) is 0 Å². The van der Waals surface area contributed by atoms with E-state index >= 15 is 0 Å². The molecule has 0 amide bonds. The van der Waals surface area contributed by atoms with E-state index in [4.69, 9.17) is 5.11 Å². The van der Waals surface area contributed by atoms with E-state index in [1.54, 1.807) is 6.92 Å². The zero-order chi connectivity index (χ0) is 10.6. The molecule has 6 nitrogen and oxygen atoms in total. The van der Waals surface area contributed by atoms with Gasteiger partial charge in [-0.1, -0.05) is 11.3 Å². The second-order valence-corrected chi connectivity index (χ2v) is 5.65. The number of aliphatic hydroxyl groups excluding tert-OH is 1. The largest absolute Gasteiger partial charge is 0.396 e. The molecule has 1 aromatic rings. The van der Waals surface area contributed by atoms with Crippen molar-refractivity contribution in [3.8, 4) is 0 Å². The Morgan fingerprint density at radius 2 is 2.21 bits per heavy atom. The zero-order valence-corrected chi connectivity index (χ0v) is 9.23. The fourth-order valence-electron chi connectivity index (χ4n) is 0.776. The third kappa shape index (κ3) is 3.56. The predicted octanol–water partition coefficient (Wildman–Crippen LogP) is -0.0294. The van der Waals surface area contributed by atoms with Gasteiger partial charge in [-0.05, 0) is 13.3 Å². The molecule has 0 aliphatic rings. The summed E-state index contributed by atoms with van der Waals surface area (Å²) < 4.78 is 24.8. The van der Waals surface area contributed by atoms with Crippen LogP contribution in [0, 0.1) is 6.92 Å². The molecule has 0 fully saturated rings. The van der Waals surface area contributed by atoms with Gasteiger partial charge in [0, 0.05) is 6.61 Å². The number of aryl methyl sites for hydroxylation is 1. The van der Waals surface area contributed by atoms with Gasteiger partial charge >= 0.3 is 0 Å². The second-order valence-electron chi connectivity index (χ2n) is 2.62. The van der Waals surface area contributed by atoms with Crippen molar-refractivity contribution >= 4 is 26.5 Å². The van der Waals surface area contributed by atoms with E-state index in [2.05, 4.69) is 14.9 Å². The smallest absolute Gasteiger partial charge is 0.234 e. The van der Waals surface area contributed by atoms with Crippen molar-refractivity contribution in [2.75, 3.05) is 17.1 Å². The van der Waals surface area contributed by atoms with E-state index < -0.39 is 10.0 Å². The molecule has 0 aliphatic carbocycles. The van der Waals surface area contributed by atoms with E-state index in [0.29, 0.717) is 5.01 Å². The van der Waals surface area contributed by atoms with Crippen molar-refractivity contribution in [1.29, 1.82) is 0 Å². The number of sulfonamides is 1. The monoisotopic (exact) mass is 237 g/mol. The Balaban J connectivity index is 2.59. The van der Waals surface area contributed by atoms with Crippen LogP contribution in [0.1, 0.15) is 11.4 Å². The standard InChI is InChI=1S/C6H11N3O3S2/c1-5-7-8-6(13-5)9-14(11,12)4-2-3-10/h10H,2-4H2,1H3,(H,8,9). The molecule has 0 spiro atoms. The van der Waals surface area contributed by atoms with Crippen LogP contribution >= 0.6 is 11.3 Å². The van der Waals surface area contributed by atoms with Gasteiger partial charge in [0.15, 0.2) is 0 Å². The number of aromatic nitrogens is 2. The minimum absolute atomic E-state index is 0.109. The Bertz CT molecular complexity index is 387. The number of hydrogen-bond acceptors (Lipinski definition) is 6. The first-order chi connectivity index (χ1) is 6.53. The van der Waals surface area contributed by atoms with Gasteiger partial charge in [-0.15, -0.1) is 10.2 Å². The van der Waals surface area contributed by atoms with E-state index in [1.165, 1.54) is 11.3 Å². The summed E-state index contributed by atoms with van der Waals surface area (Å²) >= 11 is 1.17. The maximum absolute atomic E-state index is 11.3. The molecule has 0 saturated carbocycles. The molecule has 0 aliphatic heterocycles. The van der Waals surface area contributed by atoms with Crippen LogP contribution in [0.15, 0.2) is 0 Å². The van der Waals surface area contributed by atoms with Crippen LogP contribution in [-0.4, -0.2) is 36.1 Å². The van der Waals surface area contributed by atoms with E-state index in [0.717, 1.165) is 0 Å². The number of anilines is 1. The first-order valence-electron chi connectivity index (χ1n) is 3.95. The fourth-order valence-corrected chi connectivity index (χ4v) is 2.69. The summed E-state index contributed by atoms with van der Waals surface area (Å²) in [5.74, 6) is -0.109. The highest BCUT2D eigenvalue weighted by Crippen LogP contribution is 2.15.